The molecule has 1 heterocycles. The smallest absolute Gasteiger partial charge is 0.411 e. The van der Waals surface area contributed by atoms with Crippen molar-refractivity contribution in [2.75, 3.05) is 17.7 Å². The molecule has 0 unspecified atom stereocenters. The molecule has 2 amide bonds. The summed E-state index contributed by atoms with van der Waals surface area (Å²) in [6, 6.07) is 18.6. The van der Waals surface area contributed by atoms with Crippen LogP contribution < -0.4 is 15.4 Å². The minimum Gasteiger partial charge on any atom is -0.484 e. The summed E-state index contributed by atoms with van der Waals surface area (Å²) in [5.74, 6) is 0.579. The molecule has 0 saturated carbocycles. The van der Waals surface area contributed by atoms with Gasteiger partial charge in [0.25, 0.3) is 5.91 Å². The number of nitrogens with one attached hydrogen (secondary N) is 2. The van der Waals surface area contributed by atoms with E-state index in [1.807, 2.05) is 0 Å². The Morgan fingerprint density at radius 2 is 1.69 bits per heavy atom. The lowest BCUT2D eigenvalue weighted by atomic mass is 10.2. The largest absolute Gasteiger partial charge is 0.484 e. The van der Waals surface area contributed by atoms with Gasteiger partial charge in [-0.05, 0) is 48.5 Å². The fraction of sp³-hybridized carbons (Fsp3) is 0.0952. The third kappa shape index (κ3) is 5.14. The first-order valence-electron chi connectivity index (χ1n) is 8.56. The number of hydrogen-bond acceptors (Lipinski definition) is 6. The lowest BCUT2D eigenvalue weighted by Gasteiger charge is -2.07. The van der Waals surface area contributed by atoms with E-state index < -0.39 is 12.0 Å². The zero-order chi connectivity index (χ0) is 20.6. The van der Waals surface area contributed by atoms with E-state index in [1.165, 1.54) is 13.2 Å². The number of hydrogen-bond donors (Lipinski definition) is 2. The standard InChI is InChI=1S/C21H17N3O5/c1-27-21(26)24-16-8-6-15(7-9-16)23-20(25)19-11-10-17(29-19)13-28-18-5-3-2-4-14(18)12-22/h2-11H,13H2,1H3,(H,23,25)(H,24,26). The summed E-state index contributed by atoms with van der Waals surface area (Å²) < 4.78 is 15.6. The normalized spacial score (nSPS) is 9.93. The summed E-state index contributed by atoms with van der Waals surface area (Å²) >= 11 is 0. The number of methoxy groups -OCH3 is 1. The second kappa shape index (κ2) is 9.10. The van der Waals surface area contributed by atoms with Gasteiger partial charge in [-0.15, -0.1) is 0 Å². The topological polar surface area (TPSA) is 114 Å². The molecule has 0 atom stereocenters. The van der Waals surface area contributed by atoms with Crippen LogP contribution in [0.1, 0.15) is 21.9 Å². The number of ether oxygens (including phenoxy) is 2. The van der Waals surface area contributed by atoms with E-state index in [2.05, 4.69) is 21.4 Å². The van der Waals surface area contributed by atoms with Gasteiger partial charge in [0.2, 0.25) is 0 Å². The Labute approximate surface area is 166 Å². The molecule has 0 aliphatic heterocycles. The third-order valence-electron chi connectivity index (χ3n) is 3.84. The molecule has 3 aromatic rings. The molecular weight excluding hydrogens is 374 g/mol. The molecule has 0 saturated heterocycles. The van der Waals surface area contributed by atoms with Crippen molar-refractivity contribution in [3.8, 4) is 11.8 Å². The summed E-state index contributed by atoms with van der Waals surface area (Å²) in [6.07, 6.45) is -0.579. The van der Waals surface area contributed by atoms with Crippen LogP contribution in [-0.2, 0) is 11.3 Å². The SMILES string of the molecule is COC(=O)Nc1ccc(NC(=O)c2ccc(COc3ccccc3C#N)o2)cc1. The lowest BCUT2D eigenvalue weighted by molar-refractivity contribution is 0.0992. The number of nitriles is 1. The number of anilines is 2. The van der Waals surface area contributed by atoms with Crippen LogP contribution in [0.3, 0.4) is 0 Å². The Morgan fingerprint density at radius 1 is 1.00 bits per heavy atom. The fourth-order valence-corrected chi connectivity index (χ4v) is 2.41. The van der Waals surface area contributed by atoms with Crippen molar-refractivity contribution < 1.29 is 23.5 Å². The molecule has 0 aliphatic rings. The van der Waals surface area contributed by atoms with Crippen LogP contribution in [0.5, 0.6) is 5.75 Å². The molecule has 2 N–H and O–H groups in total. The van der Waals surface area contributed by atoms with E-state index in [0.717, 1.165) is 0 Å². The maximum atomic E-state index is 12.3. The number of carbonyl (C=O) groups is 2. The summed E-state index contributed by atoms with van der Waals surface area (Å²) in [5.41, 5.74) is 1.48. The van der Waals surface area contributed by atoms with Crippen molar-refractivity contribution in [1.82, 2.24) is 0 Å². The van der Waals surface area contributed by atoms with Crippen molar-refractivity contribution in [2.45, 2.75) is 6.61 Å². The van der Waals surface area contributed by atoms with E-state index in [9.17, 15) is 9.59 Å². The van der Waals surface area contributed by atoms with Crippen LogP contribution in [0.15, 0.2) is 65.1 Å². The Balaban J connectivity index is 1.58. The fourth-order valence-electron chi connectivity index (χ4n) is 2.41. The van der Waals surface area contributed by atoms with Gasteiger partial charge in [0.05, 0.1) is 12.7 Å². The number of furan rings is 1. The first kappa shape index (κ1) is 19.5. The van der Waals surface area contributed by atoms with Gasteiger partial charge >= 0.3 is 6.09 Å². The highest BCUT2D eigenvalue weighted by Crippen LogP contribution is 2.20. The average molecular weight is 391 g/mol. The second-order valence-electron chi connectivity index (χ2n) is 5.81. The minimum atomic E-state index is -0.579. The van der Waals surface area contributed by atoms with E-state index in [1.54, 1.807) is 54.6 Å². The number of benzene rings is 2. The van der Waals surface area contributed by atoms with Gasteiger partial charge in [0, 0.05) is 11.4 Å². The quantitative estimate of drug-likeness (QED) is 0.652. The number of nitrogens with zero attached hydrogens (tertiary/aromatic N) is 1. The molecule has 1 aromatic heterocycles. The van der Waals surface area contributed by atoms with Gasteiger partial charge < -0.3 is 19.2 Å². The summed E-state index contributed by atoms with van der Waals surface area (Å²) in [4.78, 5) is 23.5. The van der Waals surface area contributed by atoms with Gasteiger partial charge in [0.15, 0.2) is 5.76 Å². The Bertz CT molecular complexity index is 1050. The van der Waals surface area contributed by atoms with Crippen LogP contribution in [0.4, 0.5) is 16.2 Å². The van der Waals surface area contributed by atoms with E-state index in [4.69, 9.17) is 14.4 Å². The van der Waals surface area contributed by atoms with Gasteiger partial charge in [-0.2, -0.15) is 5.26 Å². The van der Waals surface area contributed by atoms with Crippen molar-refractivity contribution in [3.63, 3.8) is 0 Å². The first-order valence-corrected chi connectivity index (χ1v) is 8.56. The lowest BCUT2D eigenvalue weighted by Crippen LogP contribution is -2.12. The number of rotatable bonds is 6. The highest BCUT2D eigenvalue weighted by atomic mass is 16.5. The van der Waals surface area contributed by atoms with Gasteiger partial charge in [-0.3, -0.25) is 10.1 Å². The average Bonchev–Trinajstić information content (AvgIpc) is 3.23. The third-order valence-corrected chi connectivity index (χ3v) is 3.84. The predicted octanol–water partition coefficient (Wildman–Crippen LogP) is 4.16. The summed E-state index contributed by atoms with van der Waals surface area (Å²) in [6.45, 7) is 0.0832. The molecule has 2 aromatic carbocycles. The van der Waals surface area contributed by atoms with E-state index in [-0.39, 0.29) is 12.4 Å². The predicted molar refractivity (Wildman–Crippen MR) is 105 cm³/mol. The second-order valence-corrected chi connectivity index (χ2v) is 5.81. The molecule has 0 fully saturated rings. The molecule has 3 rings (SSSR count). The van der Waals surface area contributed by atoms with Gasteiger partial charge in [-0.1, -0.05) is 12.1 Å². The van der Waals surface area contributed by atoms with Crippen LogP contribution in [-0.4, -0.2) is 19.1 Å². The van der Waals surface area contributed by atoms with Crippen LogP contribution in [0.25, 0.3) is 0 Å². The molecule has 146 valence electrons. The molecule has 29 heavy (non-hydrogen) atoms. The molecule has 8 nitrogen and oxygen atoms in total. The molecule has 0 aliphatic carbocycles. The van der Waals surface area contributed by atoms with Crippen LogP contribution in [0, 0.1) is 11.3 Å². The van der Waals surface area contributed by atoms with Crippen molar-refractivity contribution in [2.24, 2.45) is 0 Å². The molecule has 0 bridgehead atoms. The highest BCUT2D eigenvalue weighted by Gasteiger charge is 2.13. The van der Waals surface area contributed by atoms with E-state index >= 15 is 0 Å². The Morgan fingerprint density at radius 3 is 2.38 bits per heavy atom. The first-order chi connectivity index (χ1) is 14.1. The zero-order valence-corrected chi connectivity index (χ0v) is 15.5. The zero-order valence-electron chi connectivity index (χ0n) is 15.5. The highest BCUT2D eigenvalue weighted by molar-refractivity contribution is 6.02. The number of para-hydroxylation sites is 1. The Kier molecular flexibility index (Phi) is 6.12. The molecular formula is C21H17N3O5. The number of amides is 2. The summed E-state index contributed by atoms with van der Waals surface area (Å²) in [5, 5.41) is 14.3. The maximum absolute atomic E-state index is 12.3. The molecule has 8 heteroatoms. The van der Waals surface area contributed by atoms with Crippen molar-refractivity contribution in [3.05, 3.63) is 77.7 Å². The molecule has 0 spiro atoms. The van der Waals surface area contributed by atoms with Gasteiger partial charge in [-0.25, -0.2) is 4.79 Å². The van der Waals surface area contributed by atoms with Crippen LogP contribution >= 0.6 is 0 Å². The van der Waals surface area contributed by atoms with Gasteiger partial charge in [0.1, 0.15) is 24.2 Å². The number of carbonyl (C=O) groups excluding carboxylic acids is 2. The summed E-state index contributed by atoms with van der Waals surface area (Å²) in [7, 11) is 1.27. The maximum Gasteiger partial charge on any atom is 0.411 e. The van der Waals surface area contributed by atoms with Crippen molar-refractivity contribution in [1.29, 1.82) is 5.26 Å². The van der Waals surface area contributed by atoms with Crippen LogP contribution in [0.2, 0.25) is 0 Å². The molecule has 0 radical (unpaired) electrons. The minimum absolute atomic E-state index is 0.0832. The monoisotopic (exact) mass is 391 g/mol. The Hall–Kier alpha value is -4.25. The van der Waals surface area contributed by atoms with E-state index in [0.29, 0.717) is 28.4 Å². The van der Waals surface area contributed by atoms with Crippen molar-refractivity contribution >= 4 is 23.4 Å².